The zero-order valence-electron chi connectivity index (χ0n) is 13.8. The molecule has 8 heteroatoms. The van der Waals surface area contributed by atoms with Crippen LogP contribution in [0.4, 0.5) is 11.4 Å². The van der Waals surface area contributed by atoms with E-state index in [1.165, 1.54) is 0 Å². The highest BCUT2D eigenvalue weighted by Crippen LogP contribution is 2.22. The number of nitrogens with zero attached hydrogens (tertiary/aromatic N) is 1. The van der Waals surface area contributed by atoms with E-state index < -0.39 is 0 Å². The zero-order chi connectivity index (χ0) is 18.5. The van der Waals surface area contributed by atoms with Gasteiger partial charge in [0.25, 0.3) is 5.91 Å². The van der Waals surface area contributed by atoms with Gasteiger partial charge in [0.1, 0.15) is 0 Å². The van der Waals surface area contributed by atoms with Gasteiger partial charge in [-0.25, -0.2) is 0 Å². The van der Waals surface area contributed by atoms with Crippen LogP contribution in [0, 0.1) is 0 Å². The molecule has 0 atom stereocenters. The normalized spacial score (nSPS) is 14.0. The Morgan fingerprint density at radius 2 is 1.54 bits per heavy atom. The summed E-state index contributed by atoms with van der Waals surface area (Å²) in [5.74, 6) is 0.00845. The number of thiocarbonyl (C=S) groups is 1. The predicted molar refractivity (Wildman–Crippen MR) is 109 cm³/mol. The number of ether oxygens (including phenoxy) is 1. The Morgan fingerprint density at radius 3 is 2.15 bits per heavy atom. The van der Waals surface area contributed by atoms with Crippen LogP contribution < -0.4 is 10.6 Å². The summed E-state index contributed by atoms with van der Waals surface area (Å²) in [6, 6.07) is 12.3. The second-order valence-corrected chi connectivity index (χ2v) is 7.00. The largest absolute Gasteiger partial charge is 0.378 e. The highest BCUT2D eigenvalue weighted by Gasteiger charge is 2.18. The number of morpholine rings is 1. The second-order valence-electron chi connectivity index (χ2n) is 5.72. The van der Waals surface area contributed by atoms with Crippen LogP contribution in [-0.4, -0.2) is 42.2 Å². The molecule has 26 heavy (non-hydrogen) atoms. The zero-order valence-corrected chi connectivity index (χ0v) is 16.1. The monoisotopic (exact) mass is 409 g/mol. The average molecular weight is 410 g/mol. The van der Waals surface area contributed by atoms with Crippen molar-refractivity contribution in [1.82, 2.24) is 4.90 Å². The third-order valence-corrected chi connectivity index (χ3v) is 4.45. The number of hydrogen-bond donors (Lipinski definition) is 2. The van der Waals surface area contributed by atoms with Crippen molar-refractivity contribution in [1.29, 1.82) is 0 Å². The van der Waals surface area contributed by atoms with Gasteiger partial charge in [-0.05, 0) is 54.7 Å². The minimum Gasteiger partial charge on any atom is -0.378 e. The van der Waals surface area contributed by atoms with E-state index in [0.29, 0.717) is 52.7 Å². The summed E-state index contributed by atoms with van der Waals surface area (Å²) in [5.41, 5.74) is 2.10. The van der Waals surface area contributed by atoms with E-state index >= 15 is 0 Å². The van der Waals surface area contributed by atoms with Crippen molar-refractivity contribution < 1.29 is 9.53 Å². The van der Waals surface area contributed by atoms with Gasteiger partial charge in [-0.2, -0.15) is 0 Å². The number of rotatable bonds is 3. The minimum absolute atomic E-state index is 0.00845. The fourth-order valence-corrected chi connectivity index (χ4v) is 3.33. The Kier molecular flexibility index (Phi) is 6.32. The Balaban J connectivity index is 1.59. The summed E-state index contributed by atoms with van der Waals surface area (Å²) in [7, 11) is 0. The molecule has 136 valence electrons. The van der Waals surface area contributed by atoms with Gasteiger partial charge in [0.2, 0.25) is 0 Å². The highest BCUT2D eigenvalue weighted by molar-refractivity contribution is 7.80. The van der Waals surface area contributed by atoms with Gasteiger partial charge < -0.3 is 20.3 Å². The Labute approximate surface area is 167 Å². The summed E-state index contributed by atoms with van der Waals surface area (Å²) in [6.45, 7) is 2.40. The summed E-state index contributed by atoms with van der Waals surface area (Å²) in [6.07, 6.45) is 0. The highest BCUT2D eigenvalue weighted by atomic mass is 35.5. The summed E-state index contributed by atoms with van der Waals surface area (Å²) in [5, 5.41) is 7.53. The van der Waals surface area contributed by atoms with Crippen molar-refractivity contribution in [3.05, 3.63) is 58.1 Å². The molecule has 0 unspecified atom stereocenters. The van der Waals surface area contributed by atoms with Gasteiger partial charge in [0.05, 0.1) is 13.2 Å². The molecule has 5 nitrogen and oxygen atoms in total. The Bertz CT molecular complexity index is 788. The van der Waals surface area contributed by atoms with Gasteiger partial charge in [-0.3, -0.25) is 4.79 Å². The molecular weight excluding hydrogens is 393 g/mol. The molecule has 0 radical (unpaired) electrons. The lowest BCUT2D eigenvalue weighted by molar-refractivity contribution is 0.0303. The standard InChI is InChI=1S/C18H17Cl2N3O2S/c19-13-9-14(20)11-16(10-13)22-18(26)21-15-3-1-12(2-4-15)17(24)23-5-7-25-8-6-23/h1-4,9-11H,5-8H2,(H2,21,22,26). The van der Waals surface area contributed by atoms with Crippen LogP contribution in [0.5, 0.6) is 0 Å². The molecule has 0 bridgehead atoms. The Morgan fingerprint density at radius 1 is 0.962 bits per heavy atom. The maximum atomic E-state index is 12.4. The number of carbonyl (C=O) groups is 1. The van der Waals surface area contributed by atoms with E-state index in [1.54, 1.807) is 35.2 Å². The van der Waals surface area contributed by atoms with E-state index in [0.717, 1.165) is 5.69 Å². The first-order valence-electron chi connectivity index (χ1n) is 8.02. The first kappa shape index (κ1) is 18.9. The van der Waals surface area contributed by atoms with Gasteiger partial charge >= 0.3 is 0 Å². The maximum absolute atomic E-state index is 12.4. The molecule has 1 fully saturated rings. The SMILES string of the molecule is O=C(c1ccc(NC(=S)Nc2cc(Cl)cc(Cl)c2)cc1)N1CCOCC1. The van der Waals surface area contributed by atoms with Crippen LogP contribution in [0.15, 0.2) is 42.5 Å². The smallest absolute Gasteiger partial charge is 0.254 e. The van der Waals surface area contributed by atoms with Crippen molar-refractivity contribution >= 4 is 57.8 Å². The quantitative estimate of drug-likeness (QED) is 0.741. The van der Waals surface area contributed by atoms with Gasteiger partial charge in [-0.15, -0.1) is 0 Å². The summed E-state index contributed by atoms with van der Waals surface area (Å²) < 4.78 is 5.27. The molecule has 0 aromatic heterocycles. The van der Waals surface area contributed by atoms with Crippen molar-refractivity contribution in [2.45, 2.75) is 0 Å². The van der Waals surface area contributed by atoms with Crippen LogP contribution in [0.25, 0.3) is 0 Å². The second kappa shape index (κ2) is 8.68. The molecule has 2 aromatic rings. The lowest BCUT2D eigenvalue weighted by atomic mass is 10.1. The van der Waals surface area contributed by atoms with Crippen molar-refractivity contribution in [2.24, 2.45) is 0 Å². The van der Waals surface area contributed by atoms with Crippen molar-refractivity contribution in [3.8, 4) is 0 Å². The first-order chi connectivity index (χ1) is 12.5. The number of halogens is 2. The maximum Gasteiger partial charge on any atom is 0.254 e. The van der Waals surface area contributed by atoms with Crippen molar-refractivity contribution in [3.63, 3.8) is 0 Å². The minimum atomic E-state index is 0.00845. The average Bonchev–Trinajstić information content (AvgIpc) is 2.61. The topological polar surface area (TPSA) is 53.6 Å². The number of carbonyl (C=O) groups excluding carboxylic acids is 1. The van der Waals surface area contributed by atoms with Gasteiger partial charge in [0.15, 0.2) is 5.11 Å². The lowest BCUT2D eigenvalue weighted by Gasteiger charge is -2.26. The van der Waals surface area contributed by atoms with Crippen LogP contribution in [0.3, 0.4) is 0 Å². The molecule has 2 aromatic carbocycles. The number of hydrogen-bond acceptors (Lipinski definition) is 3. The van der Waals surface area contributed by atoms with Gasteiger partial charge in [0, 0.05) is 40.1 Å². The third-order valence-electron chi connectivity index (χ3n) is 3.81. The molecule has 0 aliphatic carbocycles. The molecular formula is C18H17Cl2N3O2S. The van der Waals surface area contributed by atoms with Crippen LogP contribution >= 0.6 is 35.4 Å². The van der Waals surface area contributed by atoms with E-state index in [2.05, 4.69) is 10.6 Å². The van der Waals surface area contributed by atoms with E-state index in [4.69, 9.17) is 40.2 Å². The molecule has 1 saturated heterocycles. The molecule has 2 N–H and O–H groups in total. The van der Waals surface area contributed by atoms with Crippen LogP contribution in [-0.2, 0) is 4.74 Å². The predicted octanol–water partition coefficient (Wildman–Crippen LogP) is 4.27. The Hall–Kier alpha value is -1.86. The number of nitrogens with one attached hydrogen (secondary N) is 2. The summed E-state index contributed by atoms with van der Waals surface area (Å²) in [4.78, 5) is 14.2. The fourth-order valence-electron chi connectivity index (χ4n) is 2.56. The number of benzene rings is 2. The first-order valence-corrected chi connectivity index (χ1v) is 9.19. The third kappa shape index (κ3) is 5.08. The van der Waals surface area contributed by atoms with E-state index in [9.17, 15) is 4.79 Å². The molecule has 1 aliphatic rings. The molecule has 1 heterocycles. The van der Waals surface area contributed by atoms with Crippen LogP contribution in [0.2, 0.25) is 10.0 Å². The van der Waals surface area contributed by atoms with Gasteiger partial charge in [-0.1, -0.05) is 23.2 Å². The number of amides is 1. The molecule has 0 saturated carbocycles. The van der Waals surface area contributed by atoms with Crippen LogP contribution in [0.1, 0.15) is 10.4 Å². The molecule has 1 aliphatic heterocycles. The van der Waals surface area contributed by atoms with Crippen molar-refractivity contribution in [2.75, 3.05) is 36.9 Å². The van der Waals surface area contributed by atoms with E-state index in [-0.39, 0.29) is 5.91 Å². The lowest BCUT2D eigenvalue weighted by Crippen LogP contribution is -2.40. The fraction of sp³-hybridized carbons (Fsp3) is 0.222. The molecule has 0 spiro atoms. The molecule has 1 amide bonds. The number of anilines is 2. The van der Waals surface area contributed by atoms with E-state index in [1.807, 2.05) is 12.1 Å². The molecule has 3 rings (SSSR count). The summed E-state index contributed by atoms with van der Waals surface area (Å²) >= 11 is 17.2.